The topological polar surface area (TPSA) is 32.8 Å². The largest absolute Gasteiger partial charge is 0.444 e. The molecule has 1 unspecified atom stereocenters. The molecule has 1 atom stereocenters. The second-order valence-electron chi connectivity index (χ2n) is 8.88. The Morgan fingerprint density at radius 2 is 1.85 bits per heavy atom. The maximum absolute atomic E-state index is 12.4. The van der Waals surface area contributed by atoms with E-state index in [2.05, 4.69) is 41.3 Å². The molecule has 1 heterocycles. The first-order valence-electron chi connectivity index (χ1n) is 10.3. The molecule has 1 fully saturated rings. The molecule has 4 heteroatoms. The number of hydrogen-bond acceptors (Lipinski definition) is 3. The quantitative estimate of drug-likeness (QED) is 0.707. The number of carbonyl (C=O) groups excluding carboxylic acids is 1. The van der Waals surface area contributed by atoms with Crippen LogP contribution in [0.4, 0.5) is 4.79 Å². The number of ether oxygens (including phenoxy) is 1. The van der Waals surface area contributed by atoms with Crippen molar-refractivity contribution in [3.8, 4) is 0 Å². The maximum atomic E-state index is 12.4. The van der Waals surface area contributed by atoms with Gasteiger partial charge in [0, 0.05) is 32.2 Å². The van der Waals surface area contributed by atoms with Crippen molar-refractivity contribution >= 4 is 6.09 Å². The van der Waals surface area contributed by atoms with Gasteiger partial charge in [0.25, 0.3) is 0 Å². The van der Waals surface area contributed by atoms with Gasteiger partial charge in [-0.1, -0.05) is 42.0 Å². The van der Waals surface area contributed by atoms with Crippen molar-refractivity contribution in [3.63, 3.8) is 0 Å². The summed E-state index contributed by atoms with van der Waals surface area (Å²) in [7, 11) is 1.88. The van der Waals surface area contributed by atoms with E-state index in [1.54, 1.807) is 10.5 Å². The van der Waals surface area contributed by atoms with Crippen LogP contribution in [0, 0.1) is 0 Å². The smallest absolute Gasteiger partial charge is 0.410 e. The van der Waals surface area contributed by atoms with Crippen LogP contribution >= 0.6 is 0 Å². The van der Waals surface area contributed by atoms with Crippen molar-refractivity contribution in [2.45, 2.75) is 70.6 Å². The van der Waals surface area contributed by atoms with Gasteiger partial charge in [0.1, 0.15) is 5.60 Å². The van der Waals surface area contributed by atoms with Gasteiger partial charge in [0.15, 0.2) is 0 Å². The lowest BCUT2D eigenvalue weighted by atomic mass is 9.86. The van der Waals surface area contributed by atoms with Gasteiger partial charge in [-0.2, -0.15) is 0 Å². The number of rotatable bonds is 5. The van der Waals surface area contributed by atoms with E-state index in [4.69, 9.17) is 4.74 Å². The van der Waals surface area contributed by atoms with Gasteiger partial charge >= 0.3 is 6.09 Å². The Balaban J connectivity index is 1.58. The van der Waals surface area contributed by atoms with Crippen LogP contribution in [0.15, 0.2) is 42.0 Å². The fraction of sp³-hybridized carbons (Fsp3) is 0.609. The first kappa shape index (κ1) is 19.9. The van der Waals surface area contributed by atoms with Crippen LogP contribution in [-0.4, -0.2) is 53.7 Å². The highest BCUT2D eigenvalue weighted by atomic mass is 16.6. The van der Waals surface area contributed by atoms with Crippen LogP contribution in [-0.2, 0) is 11.2 Å². The van der Waals surface area contributed by atoms with E-state index in [-0.39, 0.29) is 12.1 Å². The third-order valence-corrected chi connectivity index (χ3v) is 5.71. The highest BCUT2D eigenvalue weighted by Gasteiger charge is 2.32. The summed E-state index contributed by atoms with van der Waals surface area (Å²) in [5.74, 6) is 0. The molecular formula is C23H34N2O2. The summed E-state index contributed by atoms with van der Waals surface area (Å²) >= 11 is 0. The highest BCUT2D eigenvalue weighted by molar-refractivity contribution is 5.68. The third-order valence-electron chi connectivity index (χ3n) is 5.71. The van der Waals surface area contributed by atoms with Gasteiger partial charge in [-0.05, 0) is 58.4 Å². The van der Waals surface area contributed by atoms with Crippen molar-refractivity contribution in [2.75, 3.05) is 20.1 Å². The molecule has 3 rings (SSSR count). The average molecular weight is 371 g/mol. The van der Waals surface area contributed by atoms with Gasteiger partial charge in [-0.3, -0.25) is 4.90 Å². The van der Waals surface area contributed by atoms with Gasteiger partial charge in [-0.15, -0.1) is 0 Å². The van der Waals surface area contributed by atoms with Crippen molar-refractivity contribution in [2.24, 2.45) is 0 Å². The molecule has 1 amide bonds. The zero-order valence-corrected chi connectivity index (χ0v) is 17.3. The Hall–Kier alpha value is -1.81. The molecule has 0 radical (unpaired) electrons. The summed E-state index contributed by atoms with van der Waals surface area (Å²) in [5.41, 5.74) is 2.56. The highest BCUT2D eigenvalue weighted by Crippen LogP contribution is 2.30. The fourth-order valence-electron chi connectivity index (χ4n) is 4.01. The Morgan fingerprint density at radius 3 is 2.37 bits per heavy atom. The van der Waals surface area contributed by atoms with Crippen LogP contribution in [0.5, 0.6) is 0 Å². The molecule has 4 nitrogen and oxygen atoms in total. The zero-order chi connectivity index (χ0) is 19.4. The molecule has 0 bridgehead atoms. The number of nitrogens with zero attached hydrogens (tertiary/aromatic N) is 2. The standard InChI is InChI=1S/C23H34N2O2/c1-23(2,3)27-22(26)24(4)20-13-15-25(16-14-20)21(19-11-8-12-19)17-18-9-6-5-7-10-18/h5-7,9-11,20-21H,8,12-17H2,1-4H3. The molecule has 148 valence electrons. The SMILES string of the molecule is CN(C(=O)OC(C)(C)C)C1CCN(C(Cc2ccccc2)C2=CCC2)CC1. The second-order valence-corrected chi connectivity index (χ2v) is 8.88. The lowest BCUT2D eigenvalue weighted by Gasteiger charge is -2.42. The lowest BCUT2D eigenvalue weighted by molar-refractivity contribution is 0.0137. The lowest BCUT2D eigenvalue weighted by Crippen LogP contribution is -2.50. The van der Waals surface area contributed by atoms with Gasteiger partial charge in [-0.25, -0.2) is 4.79 Å². The van der Waals surface area contributed by atoms with E-state index < -0.39 is 5.60 Å². The van der Waals surface area contributed by atoms with E-state index in [1.165, 1.54) is 18.4 Å². The van der Waals surface area contributed by atoms with Crippen LogP contribution < -0.4 is 0 Å². The summed E-state index contributed by atoms with van der Waals surface area (Å²) < 4.78 is 5.54. The zero-order valence-electron chi connectivity index (χ0n) is 17.3. The molecule has 1 aliphatic carbocycles. The summed E-state index contributed by atoms with van der Waals surface area (Å²) in [4.78, 5) is 16.8. The molecule has 0 aromatic heterocycles. The van der Waals surface area contributed by atoms with Crippen LogP contribution in [0.2, 0.25) is 0 Å². The monoisotopic (exact) mass is 370 g/mol. The summed E-state index contributed by atoms with van der Waals surface area (Å²) in [5, 5.41) is 0. The molecule has 0 spiro atoms. The van der Waals surface area contributed by atoms with Crippen molar-refractivity contribution in [3.05, 3.63) is 47.5 Å². The average Bonchev–Trinajstić information content (AvgIpc) is 2.58. The number of benzene rings is 1. The molecule has 1 aromatic carbocycles. The van der Waals surface area contributed by atoms with Crippen molar-refractivity contribution in [1.29, 1.82) is 0 Å². The third kappa shape index (κ3) is 5.35. The van der Waals surface area contributed by atoms with E-state index >= 15 is 0 Å². The van der Waals surface area contributed by atoms with Gasteiger partial charge in [0.2, 0.25) is 0 Å². The molecule has 27 heavy (non-hydrogen) atoms. The minimum absolute atomic E-state index is 0.205. The van der Waals surface area contributed by atoms with E-state index in [9.17, 15) is 4.79 Å². The summed E-state index contributed by atoms with van der Waals surface area (Å²) in [6.07, 6.45) is 7.76. The number of likely N-dealkylation sites (tertiary alicyclic amines) is 1. The fourth-order valence-corrected chi connectivity index (χ4v) is 4.01. The number of piperidine rings is 1. The van der Waals surface area contributed by atoms with Crippen LogP contribution in [0.1, 0.15) is 52.0 Å². The number of allylic oxidation sites excluding steroid dienone is 1. The minimum atomic E-state index is -0.441. The molecule has 0 N–H and O–H groups in total. The Morgan fingerprint density at radius 1 is 1.22 bits per heavy atom. The normalized spacial score (nSPS) is 19.8. The predicted octanol–water partition coefficient (Wildman–Crippen LogP) is 4.65. The van der Waals surface area contributed by atoms with Crippen molar-refractivity contribution in [1.82, 2.24) is 9.80 Å². The number of carbonyl (C=O) groups is 1. The maximum Gasteiger partial charge on any atom is 0.410 e. The predicted molar refractivity (Wildman–Crippen MR) is 110 cm³/mol. The molecular weight excluding hydrogens is 336 g/mol. The Kier molecular flexibility index (Phi) is 6.25. The second kappa shape index (κ2) is 8.47. The summed E-state index contributed by atoms with van der Waals surface area (Å²) in [6, 6.07) is 11.6. The van der Waals surface area contributed by atoms with Gasteiger partial charge in [0.05, 0.1) is 0 Å². The van der Waals surface area contributed by atoms with Crippen LogP contribution in [0.3, 0.4) is 0 Å². The van der Waals surface area contributed by atoms with Gasteiger partial charge < -0.3 is 9.64 Å². The van der Waals surface area contributed by atoms with E-state index in [0.717, 1.165) is 32.4 Å². The minimum Gasteiger partial charge on any atom is -0.444 e. The molecule has 0 saturated carbocycles. The van der Waals surface area contributed by atoms with Crippen molar-refractivity contribution < 1.29 is 9.53 Å². The molecule has 1 aliphatic heterocycles. The van der Waals surface area contributed by atoms with Crippen LogP contribution in [0.25, 0.3) is 0 Å². The Labute approximate surface area is 164 Å². The van der Waals surface area contributed by atoms with E-state index in [0.29, 0.717) is 6.04 Å². The number of amides is 1. The number of hydrogen-bond donors (Lipinski definition) is 0. The first-order chi connectivity index (χ1) is 12.8. The van der Waals surface area contributed by atoms with E-state index in [1.807, 2.05) is 27.8 Å². The molecule has 1 aromatic rings. The Bertz CT molecular complexity index is 655. The molecule has 2 aliphatic rings. The molecule has 1 saturated heterocycles. The first-order valence-corrected chi connectivity index (χ1v) is 10.3. The summed E-state index contributed by atoms with van der Waals surface area (Å²) in [6.45, 7) is 7.82.